The molecule has 1 aromatic heterocycles. The summed E-state index contributed by atoms with van der Waals surface area (Å²) >= 11 is 1.48. The quantitative estimate of drug-likeness (QED) is 0.800. The highest BCUT2D eigenvalue weighted by Gasteiger charge is 2.16. The van der Waals surface area contributed by atoms with Gasteiger partial charge in [0.05, 0.1) is 25.0 Å². The van der Waals surface area contributed by atoms with Crippen molar-refractivity contribution >= 4 is 32.5 Å². The first-order valence-corrected chi connectivity index (χ1v) is 7.58. The Morgan fingerprint density at radius 1 is 1.35 bits per heavy atom. The minimum absolute atomic E-state index is 0.830. The van der Waals surface area contributed by atoms with Gasteiger partial charge in [-0.25, -0.2) is 4.21 Å². The van der Waals surface area contributed by atoms with Gasteiger partial charge in [0.1, 0.15) is 0 Å². The maximum absolute atomic E-state index is 12.9. The van der Waals surface area contributed by atoms with E-state index in [1.807, 2.05) is 30.3 Å². The van der Waals surface area contributed by atoms with Crippen molar-refractivity contribution in [3.05, 3.63) is 52.6 Å². The second-order valence-electron chi connectivity index (χ2n) is 3.61. The monoisotopic (exact) mass is 262 g/mol. The van der Waals surface area contributed by atoms with Gasteiger partial charge in [0.15, 0.2) is 0 Å². The van der Waals surface area contributed by atoms with Crippen molar-refractivity contribution in [1.82, 2.24) is 9.71 Å². The summed E-state index contributed by atoms with van der Waals surface area (Å²) in [4.78, 5) is 5.73. The molecular formula is C12H10N2OS2. The van der Waals surface area contributed by atoms with Gasteiger partial charge in [-0.3, -0.25) is 4.98 Å². The van der Waals surface area contributed by atoms with Crippen LogP contribution in [0.1, 0.15) is 10.4 Å². The van der Waals surface area contributed by atoms with Gasteiger partial charge in [-0.1, -0.05) is 18.2 Å². The molecule has 3 rings (SSSR count). The first kappa shape index (κ1) is 10.6. The van der Waals surface area contributed by atoms with E-state index in [1.54, 1.807) is 23.3 Å². The predicted molar refractivity (Wildman–Crippen MR) is 72.3 cm³/mol. The van der Waals surface area contributed by atoms with Crippen LogP contribution in [0.15, 0.2) is 47.1 Å². The molecule has 86 valence electrons. The Labute approximate surface area is 104 Å². The molecule has 0 saturated heterocycles. The Balaban J connectivity index is 2.23. The molecule has 0 spiro atoms. The summed E-state index contributed by atoms with van der Waals surface area (Å²) in [6, 6.07) is 7.71. The van der Waals surface area contributed by atoms with Crippen molar-refractivity contribution in [3.63, 3.8) is 0 Å². The fourth-order valence-electron chi connectivity index (χ4n) is 1.73. The molecule has 0 aliphatic carbocycles. The Morgan fingerprint density at radius 3 is 3.06 bits per heavy atom. The number of rotatable bonds is 1. The van der Waals surface area contributed by atoms with E-state index >= 15 is 0 Å². The number of nitrogens with one attached hydrogen (secondary N) is 1. The lowest BCUT2D eigenvalue weighted by Gasteiger charge is -2.17. The summed E-state index contributed by atoms with van der Waals surface area (Å²) in [5.41, 5.74) is 2.73. The molecule has 1 aliphatic rings. The summed E-state index contributed by atoms with van der Waals surface area (Å²) in [6.07, 6.45) is 5.39. The van der Waals surface area contributed by atoms with Crippen LogP contribution in [0, 0.1) is 0 Å². The standard InChI is InChI=1S/C12H10N2OS2/c15-17(8-11-7-13-9-16-11)12-4-2-1-3-10(12)5-6-14-17/h1-9H,(H,14,15). The van der Waals surface area contributed by atoms with E-state index in [0.717, 1.165) is 15.3 Å². The molecular weight excluding hydrogens is 252 g/mol. The highest BCUT2D eigenvalue weighted by Crippen LogP contribution is 2.21. The van der Waals surface area contributed by atoms with Gasteiger partial charge in [-0.2, -0.15) is 0 Å². The van der Waals surface area contributed by atoms with Gasteiger partial charge >= 0.3 is 0 Å². The molecule has 0 fully saturated rings. The highest BCUT2D eigenvalue weighted by atomic mass is 32.2. The maximum atomic E-state index is 12.9. The molecule has 1 unspecified atom stereocenters. The Bertz CT molecular complexity index is 680. The van der Waals surface area contributed by atoms with Gasteiger partial charge in [0.25, 0.3) is 0 Å². The number of nitrogens with zero attached hydrogens (tertiary/aromatic N) is 1. The number of thiazole rings is 1. The molecule has 17 heavy (non-hydrogen) atoms. The zero-order chi connectivity index (χ0) is 11.7. The average molecular weight is 262 g/mol. The van der Waals surface area contributed by atoms with E-state index in [2.05, 4.69) is 9.71 Å². The second-order valence-corrected chi connectivity index (χ2v) is 6.64. The molecule has 1 N–H and O–H groups in total. The van der Waals surface area contributed by atoms with E-state index in [-0.39, 0.29) is 0 Å². The maximum Gasteiger partial charge on any atom is 0.0822 e. The summed E-state index contributed by atoms with van der Waals surface area (Å²) in [7, 11) is -2.36. The number of aromatic nitrogens is 1. The molecule has 1 atom stereocenters. The molecule has 1 aromatic carbocycles. The van der Waals surface area contributed by atoms with Crippen LogP contribution in [0.25, 0.3) is 6.08 Å². The second kappa shape index (κ2) is 4.01. The van der Waals surface area contributed by atoms with Crippen LogP contribution in [-0.4, -0.2) is 14.6 Å². The number of benzene rings is 1. The third kappa shape index (κ3) is 1.87. The third-order valence-electron chi connectivity index (χ3n) is 2.49. The van der Waals surface area contributed by atoms with Gasteiger partial charge < -0.3 is 4.72 Å². The van der Waals surface area contributed by atoms with Crippen LogP contribution < -0.4 is 4.72 Å². The Hall–Kier alpha value is -1.59. The van der Waals surface area contributed by atoms with E-state index < -0.39 is 9.71 Å². The van der Waals surface area contributed by atoms with Crippen LogP contribution in [0.3, 0.4) is 0 Å². The minimum Gasteiger partial charge on any atom is -0.316 e. The molecule has 0 amide bonds. The highest BCUT2D eigenvalue weighted by molar-refractivity contribution is 8.00. The number of hydrogen-bond acceptors (Lipinski definition) is 3. The molecule has 0 radical (unpaired) electrons. The van der Waals surface area contributed by atoms with Crippen LogP contribution >= 0.6 is 11.3 Å². The summed E-state index contributed by atoms with van der Waals surface area (Å²) in [6.45, 7) is 0. The number of fused-ring (bicyclic) bond motifs is 1. The number of hydrogen-bond donors (Lipinski definition) is 1. The van der Waals surface area contributed by atoms with Crippen molar-refractivity contribution in [3.8, 4) is 0 Å². The average Bonchev–Trinajstić information content (AvgIpc) is 2.82. The van der Waals surface area contributed by atoms with E-state index in [9.17, 15) is 4.21 Å². The summed E-state index contributed by atoms with van der Waals surface area (Å²) in [5, 5.41) is 1.76. The predicted octanol–water partition coefficient (Wildman–Crippen LogP) is 2.13. The smallest absolute Gasteiger partial charge is 0.0822 e. The molecule has 1 aliphatic heterocycles. The fraction of sp³-hybridized carbons (Fsp3) is 0. The van der Waals surface area contributed by atoms with Gasteiger partial charge in [-0.15, -0.1) is 11.3 Å². The van der Waals surface area contributed by atoms with Crippen molar-refractivity contribution in [2.75, 3.05) is 0 Å². The van der Waals surface area contributed by atoms with Crippen LogP contribution in [0.5, 0.6) is 0 Å². The molecule has 5 heteroatoms. The lowest BCUT2D eigenvalue weighted by atomic mass is 10.2. The van der Waals surface area contributed by atoms with E-state index in [1.165, 1.54) is 11.3 Å². The molecule has 2 heterocycles. The summed E-state index contributed by atoms with van der Waals surface area (Å²) < 4.78 is 15.8. The lowest BCUT2D eigenvalue weighted by molar-refractivity contribution is 0.676. The lowest BCUT2D eigenvalue weighted by Crippen LogP contribution is -2.24. The Kier molecular flexibility index (Phi) is 2.49. The zero-order valence-electron chi connectivity index (χ0n) is 8.87. The normalized spacial score (nSPS) is 21.6. The van der Waals surface area contributed by atoms with E-state index in [4.69, 9.17) is 0 Å². The van der Waals surface area contributed by atoms with Crippen molar-refractivity contribution in [2.45, 2.75) is 4.90 Å². The first-order chi connectivity index (χ1) is 8.28. The molecule has 2 aromatic rings. The van der Waals surface area contributed by atoms with Gasteiger partial charge in [0, 0.05) is 17.8 Å². The van der Waals surface area contributed by atoms with E-state index in [0.29, 0.717) is 0 Å². The van der Waals surface area contributed by atoms with Crippen molar-refractivity contribution in [1.29, 1.82) is 0 Å². The van der Waals surface area contributed by atoms with Gasteiger partial charge in [-0.05, 0) is 17.7 Å². The van der Waals surface area contributed by atoms with Crippen molar-refractivity contribution in [2.24, 2.45) is 0 Å². The molecule has 0 saturated carbocycles. The zero-order valence-corrected chi connectivity index (χ0v) is 10.5. The first-order valence-electron chi connectivity index (χ1n) is 5.08. The largest absolute Gasteiger partial charge is 0.316 e. The topological polar surface area (TPSA) is 42.0 Å². The minimum atomic E-state index is -2.36. The van der Waals surface area contributed by atoms with Gasteiger partial charge in [0.2, 0.25) is 0 Å². The van der Waals surface area contributed by atoms with Crippen LogP contribution in [0.2, 0.25) is 0 Å². The third-order valence-corrected chi connectivity index (χ3v) is 5.45. The Morgan fingerprint density at radius 2 is 2.24 bits per heavy atom. The van der Waals surface area contributed by atoms with Crippen molar-refractivity contribution < 1.29 is 4.21 Å². The summed E-state index contributed by atoms with van der Waals surface area (Å²) in [5.74, 6) is 0. The SMILES string of the molecule is O=S1(=Cc2cncs2)NC=Cc2ccccc21. The molecule has 0 bridgehead atoms. The fourth-order valence-corrected chi connectivity index (χ4v) is 4.47. The van der Waals surface area contributed by atoms with Crippen LogP contribution in [0.4, 0.5) is 0 Å². The molecule has 3 nitrogen and oxygen atoms in total. The van der Waals surface area contributed by atoms with Crippen LogP contribution in [-0.2, 0) is 9.71 Å².